The van der Waals surface area contributed by atoms with E-state index in [4.69, 9.17) is 4.98 Å². The molecule has 10 rings (SSSR count). The molecule has 1 aliphatic rings. The lowest BCUT2D eigenvalue weighted by atomic mass is 9.79. The zero-order valence-corrected chi connectivity index (χ0v) is 28.1. The number of imidazole rings is 1. The van der Waals surface area contributed by atoms with Gasteiger partial charge >= 0.3 is 0 Å². The number of nitrogens with zero attached hydrogens (tertiary/aromatic N) is 2. The first-order valence-corrected chi connectivity index (χ1v) is 17.4. The zero-order chi connectivity index (χ0) is 33.4. The Morgan fingerprint density at radius 1 is 0.440 bits per heavy atom. The smallest absolute Gasteiger partial charge is 0.146 e. The predicted molar refractivity (Wildman–Crippen MR) is 210 cm³/mol. The van der Waals surface area contributed by atoms with Crippen LogP contribution in [0.15, 0.2) is 170 Å². The molecule has 1 aliphatic carbocycles. The van der Waals surface area contributed by atoms with Gasteiger partial charge in [-0.05, 0) is 102 Å². The molecule has 8 aromatic carbocycles. The Bertz CT molecular complexity index is 2760. The van der Waals surface area contributed by atoms with E-state index in [1.165, 1.54) is 66.1 Å². The van der Waals surface area contributed by atoms with Crippen molar-refractivity contribution in [3.05, 3.63) is 181 Å². The van der Waals surface area contributed by atoms with Gasteiger partial charge in [0.25, 0.3) is 0 Å². The molecule has 1 heterocycles. The van der Waals surface area contributed by atoms with Gasteiger partial charge in [0.15, 0.2) is 0 Å². The highest BCUT2D eigenvalue weighted by Gasteiger charge is 2.38. The van der Waals surface area contributed by atoms with Crippen molar-refractivity contribution < 1.29 is 0 Å². The van der Waals surface area contributed by atoms with E-state index < -0.39 is 0 Å². The van der Waals surface area contributed by atoms with Crippen LogP contribution in [0.2, 0.25) is 0 Å². The molecule has 0 aliphatic heterocycles. The second kappa shape index (κ2) is 10.9. The molecule has 0 bridgehead atoms. The third-order valence-electron chi connectivity index (χ3n) is 10.8. The highest BCUT2D eigenvalue weighted by Crippen LogP contribution is 2.55. The van der Waals surface area contributed by atoms with Crippen LogP contribution in [0.5, 0.6) is 0 Å². The van der Waals surface area contributed by atoms with Crippen LogP contribution in [0.25, 0.3) is 83.0 Å². The summed E-state index contributed by atoms with van der Waals surface area (Å²) in [5, 5.41) is 5.09. The number of benzene rings is 8. The molecule has 0 radical (unpaired) electrons. The van der Waals surface area contributed by atoms with Crippen LogP contribution in [0.3, 0.4) is 0 Å². The van der Waals surface area contributed by atoms with Gasteiger partial charge in [-0.2, -0.15) is 0 Å². The van der Waals surface area contributed by atoms with E-state index in [1.54, 1.807) is 0 Å². The second-order valence-electron chi connectivity index (χ2n) is 13.9. The molecule has 0 fully saturated rings. The highest BCUT2D eigenvalue weighted by atomic mass is 15.1. The van der Waals surface area contributed by atoms with Crippen molar-refractivity contribution in [3.8, 4) is 50.5 Å². The van der Waals surface area contributed by atoms with E-state index in [0.717, 1.165) is 28.1 Å². The highest BCUT2D eigenvalue weighted by molar-refractivity contribution is 6.22. The van der Waals surface area contributed by atoms with Crippen LogP contribution in [0.1, 0.15) is 25.0 Å². The van der Waals surface area contributed by atoms with Crippen LogP contribution in [-0.2, 0) is 5.41 Å². The minimum Gasteiger partial charge on any atom is -0.292 e. The van der Waals surface area contributed by atoms with Gasteiger partial charge in [-0.3, -0.25) is 4.57 Å². The molecule has 2 heteroatoms. The zero-order valence-electron chi connectivity index (χ0n) is 28.1. The number of fused-ring (bicyclic) bond motifs is 6. The Morgan fingerprint density at radius 2 is 1.00 bits per heavy atom. The third-order valence-corrected chi connectivity index (χ3v) is 10.8. The Kier molecular flexibility index (Phi) is 6.25. The molecule has 0 saturated carbocycles. The lowest BCUT2D eigenvalue weighted by Gasteiger charge is -2.24. The summed E-state index contributed by atoms with van der Waals surface area (Å²) < 4.78 is 2.33. The molecule has 9 aromatic rings. The summed E-state index contributed by atoms with van der Waals surface area (Å²) in [4.78, 5) is 5.34. The molecule has 0 spiro atoms. The third kappa shape index (κ3) is 4.12. The normalized spacial score (nSPS) is 13.2. The minimum atomic E-state index is -0.217. The van der Waals surface area contributed by atoms with Gasteiger partial charge in [0.05, 0.1) is 11.0 Å². The van der Waals surface area contributed by atoms with Crippen molar-refractivity contribution in [1.82, 2.24) is 9.55 Å². The van der Waals surface area contributed by atoms with Crippen molar-refractivity contribution in [3.63, 3.8) is 0 Å². The maximum absolute atomic E-state index is 5.34. The summed E-state index contributed by atoms with van der Waals surface area (Å²) in [5.41, 5.74) is 14.4. The monoisotopic (exact) mass is 638 g/mol. The van der Waals surface area contributed by atoms with Gasteiger partial charge in [0.2, 0.25) is 0 Å². The molecule has 0 atom stereocenters. The van der Waals surface area contributed by atoms with Crippen molar-refractivity contribution in [1.29, 1.82) is 0 Å². The predicted octanol–water partition coefficient (Wildman–Crippen LogP) is 12.6. The minimum absolute atomic E-state index is 0.217. The van der Waals surface area contributed by atoms with Crippen molar-refractivity contribution in [2.24, 2.45) is 0 Å². The Labute approximate surface area is 291 Å². The maximum Gasteiger partial charge on any atom is 0.146 e. The van der Waals surface area contributed by atoms with Crippen molar-refractivity contribution in [2.75, 3.05) is 0 Å². The summed E-state index contributed by atoms with van der Waals surface area (Å²) >= 11 is 0. The first kappa shape index (κ1) is 28.7. The lowest BCUT2D eigenvalue weighted by Crippen LogP contribution is -2.15. The molecule has 0 saturated heterocycles. The van der Waals surface area contributed by atoms with Gasteiger partial charge < -0.3 is 0 Å². The lowest BCUT2D eigenvalue weighted by molar-refractivity contribution is 0.661. The summed E-state index contributed by atoms with van der Waals surface area (Å²) in [5.74, 6) is 0.963. The second-order valence-corrected chi connectivity index (χ2v) is 13.9. The standard InChI is InChI=1S/C48H34N2/c1-48(2)40-26-16-25-36(47-49-42-27-14-15-28-43(42)50(47)33-21-10-5-11-22-33)46(40)39-29-37-38(30-41(39)48)45(32-19-8-4-9-20-32)35-24-13-12-23-34(35)44(37)31-17-6-3-7-18-31/h3-30H,1-2H3. The van der Waals surface area contributed by atoms with E-state index in [2.05, 4.69) is 188 Å². The topological polar surface area (TPSA) is 17.8 Å². The Hall–Kier alpha value is -6.25. The van der Waals surface area contributed by atoms with Crippen LogP contribution < -0.4 is 0 Å². The van der Waals surface area contributed by atoms with Gasteiger partial charge in [-0.1, -0.05) is 147 Å². The van der Waals surface area contributed by atoms with E-state index in [9.17, 15) is 0 Å². The average molecular weight is 639 g/mol. The van der Waals surface area contributed by atoms with Crippen LogP contribution in [-0.4, -0.2) is 9.55 Å². The SMILES string of the molecule is CC1(C)c2cc3c(-c4ccccc4)c4ccccc4c(-c4ccccc4)c3cc2-c2c(-c3nc4ccccc4n3-c3ccccc3)cccc21. The molecule has 1 aromatic heterocycles. The molecule has 2 nitrogen and oxygen atoms in total. The summed E-state index contributed by atoms with van der Waals surface area (Å²) in [6, 6.07) is 61.7. The largest absolute Gasteiger partial charge is 0.292 e. The molecule has 0 amide bonds. The molecule has 50 heavy (non-hydrogen) atoms. The molecule has 0 N–H and O–H groups in total. The molecule has 236 valence electrons. The van der Waals surface area contributed by atoms with Crippen molar-refractivity contribution >= 4 is 32.6 Å². The maximum atomic E-state index is 5.34. The average Bonchev–Trinajstić information content (AvgIpc) is 3.66. The summed E-state index contributed by atoms with van der Waals surface area (Å²) in [7, 11) is 0. The fraction of sp³-hybridized carbons (Fsp3) is 0.0625. The molecular formula is C48H34N2. The molecule has 0 unspecified atom stereocenters. The van der Waals surface area contributed by atoms with Crippen molar-refractivity contribution in [2.45, 2.75) is 19.3 Å². The number of hydrogen-bond acceptors (Lipinski definition) is 1. The quantitative estimate of drug-likeness (QED) is 0.175. The first-order valence-electron chi connectivity index (χ1n) is 17.4. The van der Waals surface area contributed by atoms with Gasteiger partial charge in [0.1, 0.15) is 5.82 Å². The Morgan fingerprint density at radius 3 is 1.66 bits per heavy atom. The number of rotatable bonds is 4. The van der Waals surface area contributed by atoms with Gasteiger partial charge in [0, 0.05) is 16.7 Å². The van der Waals surface area contributed by atoms with Gasteiger partial charge in [-0.15, -0.1) is 0 Å². The number of hydrogen-bond donors (Lipinski definition) is 0. The van der Waals surface area contributed by atoms with E-state index in [0.29, 0.717) is 0 Å². The summed E-state index contributed by atoms with van der Waals surface area (Å²) in [6.45, 7) is 4.77. The fourth-order valence-corrected chi connectivity index (χ4v) is 8.52. The Balaban J connectivity index is 1.35. The van der Waals surface area contributed by atoms with E-state index in [1.807, 2.05) is 0 Å². The van der Waals surface area contributed by atoms with Crippen LogP contribution in [0, 0.1) is 0 Å². The fourth-order valence-electron chi connectivity index (χ4n) is 8.52. The summed E-state index contributed by atoms with van der Waals surface area (Å²) in [6.07, 6.45) is 0. The van der Waals surface area contributed by atoms with Crippen LogP contribution >= 0.6 is 0 Å². The van der Waals surface area contributed by atoms with Gasteiger partial charge in [-0.25, -0.2) is 4.98 Å². The number of aromatic nitrogens is 2. The van der Waals surface area contributed by atoms with E-state index >= 15 is 0 Å². The van der Waals surface area contributed by atoms with E-state index in [-0.39, 0.29) is 5.41 Å². The first-order chi connectivity index (χ1) is 24.6. The number of para-hydroxylation sites is 3. The van der Waals surface area contributed by atoms with Crippen LogP contribution in [0.4, 0.5) is 0 Å². The molecular weight excluding hydrogens is 605 g/mol.